The van der Waals surface area contributed by atoms with Crippen molar-refractivity contribution in [3.8, 4) is 6.07 Å². The van der Waals surface area contributed by atoms with Crippen LogP contribution in [-0.2, 0) is 12.7 Å². The molecule has 1 fully saturated rings. The average molecular weight is 365 g/mol. The lowest BCUT2D eigenvalue weighted by atomic mass is 9.92. The summed E-state index contributed by atoms with van der Waals surface area (Å²) in [6.07, 6.45) is 3.68. The van der Waals surface area contributed by atoms with E-state index in [-0.39, 0.29) is 0 Å². The number of aromatic nitrogens is 4. The first-order valence-corrected chi connectivity index (χ1v) is 7.67. The van der Waals surface area contributed by atoms with Gasteiger partial charge in [0.25, 0.3) is 0 Å². The summed E-state index contributed by atoms with van der Waals surface area (Å²) in [6.45, 7) is 0.977. The predicted molar refractivity (Wildman–Crippen MR) is 81.9 cm³/mol. The monoisotopic (exact) mass is 364 g/mol. The van der Waals surface area contributed by atoms with E-state index in [2.05, 4.69) is 37.2 Å². The van der Waals surface area contributed by atoms with Crippen LogP contribution in [0.2, 0.25) is 0 Å². The van der Waals surface area contributed by atoms with E-state index in [1.165, 1.54) is 6.33 Å². The molecule has 114 valence electrons. The van der Waals surface area contributed by atoms with Crippen molar-refractivity contribution in [2.45, 2.75) is 18.5 Å². The predicted octanol–water partition coefficient (Wildman–Crippen LogP) is 2.31. The molecule has 1 saturated heterocycles. The molecule has 22 heavy (non-hydrogen) atoms. The summed E-state index contributed by atoms with van der Waals surface area (Å²) in [5.41, 5.74) is -0.222. The van der Waals surface area contributed by atoms with Crippen molar-refractivity contribution in [3.05, 3.63) is 34.6 Å². The topological polar surface area (TPSA) is 70.6 Å². The summed E-state index contributed by atoms with van der Waals surface area (Å²) in [5.74, 6) is 0.359. The van der Waals surface area contributed by atoms with Gasteiger partial charge >= 0.3 is 0 Å². The highest BCUT2D eigenvalue weighted by Gasteiger charge is 2.40. The van der Waals surface area contributed by atoms with Gasteiger partial charge in [0, 0.05) is 39.2 Å². The molecule has 0 N–H and O–H groups in total. The van der Waals surface area contributed by atoms with Gasteiger partial charge in [-0.1, -0.05) is 0 Å². The van der Waals surface area contributed by atoms with Crippen molar-refractivity contribution >= 4 is 21.6 Å². The smallest absolute Gasteiger partial charge is 0.173 e. The highest BCUT2D eigenvalue weighted by Crippen LogP contribution is 2.39. The maximum absolute atomic E-state index is 15.1. The number of piperidine rings is 1. The summed E-state index contributed by atoms with van der Waals surface area (Å²) < 4.78 is 17.4. The highest BCUT2D eigenvalue weighted by atomic mass is 79.9. The van der Waals surface area contributed by atoms with Gasteiger partial charge in [-0.2, -0.15) is 5.26 Å². The molecule has 0 aliphatic carbocycles. The minimum Gasteiger partial charge on any atom is -0.368 e. The molecule has 6 nitrogen and oxygen atoms in total. The molecule has 1 aliphatic heterocycles. The number of hydrogen-bond donors (Lipinski definition) is 0. The Labute approximate surface area is 135 Å². The van der Waals surface area contributed by atoms with Crippen molar-refractivity contribution in [1.82, 2.24) is 19.7 Å². The van der Waals surface area contributed by atoms with Crippen LogP contribution in [-0.4, -0.2) is 32.8 Å². The zero-order valence-electron chi connectivity index (χ0n) is 12.0. The SMILES string of the molecule is Cn1cnnc1C1(F)CCN(c2c(C#N)ccnc2Br)CC1. The molecule has 2 aromatic heterocycles. The van der Waals surface area contributed by atoms with E-state index in [1.54, 1.807) is 23.9 Å². The zero-order valence-corrected chi connectivity index (χ0v) is 13.6. The summed E-state index contributed by atoms with van der Waals surface area (Å²) in [4.78, 5) is 6.16. The van der Waals surface area contributed by atoms with Gasteiger partial charge in [0.05, 0.1) is 11.3 Å². The second-order valence-electron chi connectivity index (χ2n) is 5.33. The first kappa shape index (κ1) is 14.9. The second kappa shape index (κ2) is 5.65. The Kier molecular flexibility index (Phi) is 3.83. The fourth-order valence-electron chi connectivity index (χ4n) is 2.82. The van der Waals surface area contributed by atoms with E-state index in [1.807, 2.05) is 4.90 Å². The fourth-order valence-corrected chi connectivity index (χ4v) is 3.40. The van der Waals surface area contributed by atoms with E-state index in [0.29, 0.717) is 41.9 Å². The zero-order chi connectivity index (χ0) is 15.7. The molecule has 0 unspecified atom stereocenters. The maximum atomic E-state index is 15.1. The third-order valence-electron chi connectivity index (χ3n) is 3.98. The molecule has 0 atom stereocenters. The van der Waals surface area contributed by atoms with Crippen molar-refractivity contribution in [3.63, 3.8) is 0 Å². The number of rotatable bonds is 2. The first-order chi connectivity index (χ1) is 10.5. The van der Waals surface area contributed by atoms with Crippen LogP contribution in [0, 0.1) is 11.3 Å². The van der Waals surface area contributed by atoms with Crippen LogP contribution in [0.15, 0.2) is 23.2 Å². The van der Waals surface area contributed by atoms with E-state index < -0.39 is 5.67 Å². The number of anilines is 1. The van der Waals surface area contributed by atoms with Crippen molar-refractivity contribution < 1.29 is 4.39 Å². The number of nitrogens with zero attached hydrogens (tertiary/aromatic N) is 6. The van der Waals surface area contributed by atoms with E-state index in [9.17, 15) is 5.26 Å². The van der Waals surface area contributed by atoms with Gasteiger partial charge in [-0.3, -0.25) is 0 Å². The maximum Gasteiger partial charge on any atom is 0.173 e. The standard InChI is InChI=1S/C14H14BrFN6/c1-21-9-19-20-13(21)14(16)3-6-22(7-4-14)11-10(8-17)2-5-18-12(11)15/h2,5,9H,3-4,6-7H2,1H3. The number of aryl methyl sites for hydroxylation is 1. The quantitative estimate of drug-likeness (QED) is 0.764. The van der Waals surface area contributed by atoms with Gasteiger partial charge in [0.1, 0.15) is 17.0 Å². The number of halogens is 2. The minimum absolute atomic E-state index is 0.297. The van der Waals surface area contributed by atoms with Crippen molar-refractivity contribution in [2.75, 3.05) is 18.0 Å². The molecule has 2 aromatic rings. The molecule has 1 aliphatic rings. The number of alkyl halides is 1. The van der Waals surface area contributed by atoms with Gasteiger partial charge in [-0.25, -0.2) is 9.37 Å². The van der Waals surface area contributed by atoms with Gasteiger partial charge in [-0.15, -0.1) is 10.2 Å². The molecule has 0 aromatic carbocycles. The lowest BCUT2D eigenvalue weighted by Gasteiger charge is -2.37. The Hall–Kier alpha value is -2.01. The molecule has 8 heteroatoms. The Bertz CT molecular complexity index is 729. The minimum atomic E-state index is -1.48. The molecular weight excluding hydrogens is 351 g/mol. The van der Waals surface area contributed by atoms with Crippen LogP contribution in [0.1, 0.15) is 24.2 Å². The Morgan fingerprint density at radius 1 is 1.41 bits per heavy atom. The molecule has 0 bridgehead atoms. The van der Waals surface area contributed by atoms with Crippen molar-refractivity contribution in [2.24, 2.45) is 7.05 Å². The van der Waals surface area contributed by atoms with Crippen LogP contribution < -0.4 is 4.90 Å². The van der Waals surface area contributed by atoms with Crippen LogP contribution in [0.4, 0.5) is 10.1 Å². The normalized spacial score (nSPS) is 17.3. The van der Waals surface area contributed by atoms with Crippen LogP contribution in [0.5, 0.6) is 0 Å². The highest BCUT2D eigenvalue weighted by molar-refractivity contribution is 9.10. The lowest BCUT2D eigenvalue weighted by molar-refractivity contribution is 0.109. The Balaban J connectivity index is 1.84. The Morgan fingerprint density at radius 3 is 2.73 bits per heavy atom. The molecule has 3 rings (SSSR count). The number of hydrogen-bond acceptors (Lipinski definition) is 5. The second-order valence-corrected chi connectivity index (χ2v) is 6.08. The molecule has 0 radical (unpaired) electrons. The molecule has 3 heterocycles. The number of pyridine rings is 1. The summed E-state index contributed by atoms with van der Waals surface area (Å²) in [7, 11) is 1.74. The van der Waals surface area contributed by atoms with Crippen molar-refractivity contribution in [1.29, 1.82) is 5.26 Å². The summed E-state index contributed by atoms with van der Waals surface area (Å²) in [5, 5.41) is 16.9. The molecule has 0 saturated carbocycles. The van der Waals surface area contributed by atoms with Crippen LogP contribution in [0.3, 0.4) is 0 Å². The first-order valence-electron chi connectivity index (χ1n) is 6.88. The molecular formula is C14H14BrFN6. The third-order valence-corrected chi connectivity index (χ3v) is 4.56. The number of nitriles is 1. The van der Waals surface area contributed by atoms with E-state index in [0.717, 1.165) is 5.69 Å². The molecule has 0 spiro atoms. The molecule has 0 amide bonds. The van der Waals surface area contributed by atoms with Gasteiger partial charge in [0.2, 0.25) is 0 Å². The largest absolute Gasteiger partial charge is 0.368 e. The average Bonchev–Trinajstić information content (AvgIpc) is 2.95. The lowest BCUT2D eigenvalue weighted by Crippen LogP contribution is -2.42. The van der Waals surface area contributed by atoms with Gasteiger partial charge in [0.15, 0.2) is 11.5 Å². The third kappa shape index (κ3) is 2.46. The summed E-state index contributed by atoms with van der Waals surface area (Å²) in [6, 6.07) is 3.83. The Morgan fingerprint density at radius 2 is 2.14 bits per heavy atom. The van der Waals surface area contributed by atoms with Crippen LogP contribution in [0.25, 0.3) is 0 Å². The van der Waals surface area contributed by atoms with Gasteiger partial charge in [-0.05, 0) is 22.0 Å². The van der Waals surface area contributed by atoms with E-state index >= 15 is 4.39 Å². The fraction of sp³-hybridized carbons (Fsp3) is 0.429. The summed E-state index contributed by atoms with van der Waals surface area (Å²) >= 11 is 3.38. The van der Waals surface area contributed by atoms with E-state index in [4.69, 9.17) is 0 Å². The van der Waals surface area contributed by atoms with Crippen LogP contribution >= 0.6 is 15.9 Å². The van der Waals surface area contributed by atoms with Gasteiger partial charge < -0.3 is 9.47 Å².